The molecule has 2 aromatic heterocycles. The summed E-state index contributed by atoms with van der Waals surface area (Å²) in [6.07, 6.45) is 0.0718. The van der Waals surface area contributed by atoms with E-state index in [4.69, 9.17) is 16.3 Å². The molecule has 0 amide bonds. The minimum Gasteiger partial charge on any atom is -0.367 e. The van der Waals surface area contributed by atoms with E-state index in [1.165, 1.54) is 18.2 Å². The number of hydrogen-bond donors (Lipinski definition) is 0. The number of aryl methyl sites for hydroxylation is 1. The molecule has 1 saturated heterocycles. The third kappa shape index (κ3) is 2.66. The minimum atomic E-state index is -4.53. The van der Waals surface area contributed by atoms with Gasteiger partial charge in [-0.25, -0.2) is 9.97 Å². The molecule has 1 aliphatic heterocycles. The first kappa shape index (κ1) is 16.1. The number of ether oxygens (including phenoxy) is 1. The molecule has 0 aliphatic carbocycles. The summed E-state index contributed by atoms with van der Waals surface area (Å²) < 4.78 is 46.9. The van der Waals surface area contributed by atoms with Crippen molar-refractivity contribution >= 4 is 17.4 Å². The van der Waals surface area contributed by atoms with Crippen LogP contribution in [0.25, 0.3) is 0 Å². The van der Waals surface area contributed by atoms with Crippen molar-refractivity contribution in [3.8, 4) is 0 Å². The molecule has 3 heterocycles. The van der Waals surface area contributed by atoms with Gasteiger partial charge in [0, 0.05) is 32.7 Å². The summed E-state index contributed by atoms with van der Waals surface area (Å²) in [4.78, 5) is 9.61. The second kappa shape index (κ2) is 5.38. The molecule has 1 aliphatic rings. The number of halogens is 4. The van der Waals surface area contributed by atoms with Gasteiger partial charge in [-0.05, 0) is 6.07 Å². The second-order valence-corrected chi connectivity index (χ2v) is 5.88. The Balaban J connectivity index is 1.91. The van der Waals surface area contributed by atoms with Crippen LogP contribution < -0.4 is 4.90 Å². The molecule has 5 nitrogen and oxygen atoms in total. The van der Waals surface area contributed by atoms with E-state index in [1.807, 2.05) is 7.05 Å². The van der Waals surface area contributed by atoms with Crippen molar-refractivity contribution in [3.05, 3.63) is 41.1 Å². The number of aromatic nitrogens is 3. The molecular weight excluding hydrogens is 333 g/mol. The standard InChI is InChI=1S/C14H14ClF3N4O/c1-21-4-3-19-12(21)13(23-2)7-22(8-13)11-10(14(16,17)18)5-9(15)6-20-11/h3-6H,7-8H2,1-2H3. The van der Waals surface area contributed by atoms with Crippen LogP contribution in [0.4, 0.5) is 19.0 Å². The summed E-state index contributed by atoms with van der Waals surface area (Å²) in [6.45, 7) is 0.456. The molecule has 0 atom stereocenters. The third-order valence-corrected chi connectivity index (χ3v) is 4.16. The fraction of sp³-hybridized carbons (Fsp3) is 0.429. The predicted octanol–water partition coefficient (Wildman–Crippen LogP) is 2.85. The topological polar surface area (TPSA) is 43.2 Å². The average Bonchev–Trinajstić information content (AvgIpc) is 2.85. The van der Waals surface area contributed by atoms with E-state index in [2.05, 4.69) is 9.97 Å². The lowest BCUT2D eigenvalue weighted by molar-refractivity contribution is -0.137. The zero-order chi connectivity index (χ0) is 16.8. The van der Waals surface area contributed by atoms with Gasteiger partial charge in [-0.15, -0.1) is 0 Å². The highest BCUT2D eigenvalue weighted by Gasteiger charge is 2.50. The van der Waals surface area contributed by atoms with Gasteiger partial charge in [-0.1, -0.05) is 11.6 Å². The number of rotatable bonds is 3. The van der Waals surface area contributed by atoms with Crippen molar-refractivity contribution in [1.82, 2.24) is 14.5 Å². The summed E-state index contributed by atoms with van der Waals surface area (Å²) in [5.41, 5.74) is -1.60. The van der Waals surface area contributed by atoms with E-state index < -0.39 is 17.3 Å². The van der Waals surface area contributed by atoms with Crippen molar-refractivity contribution in [3.63, 3.8) is 0 Å². The Kier molecular flexibility index (Phi) is 3.76. The molecule has 1 fully saturated rings. The first-order chi connectivity index (χ1) is 10.8. The van der Waals surface area contributed by atoms with E-state index in [9.17, 15) is 13.2 Å². The van der Waals surface area contributed by atoms with Gasteiger partial charge in [-0.3, -0.25) is 0 Å². The molecule has 0 aromatic carbocycles. The van der Waals surface area contributed by atoms with Gasteiger partial charge in [0.15, 0.2) is 5.60 Å². The summed E-state index contributed by atoms with van der Waals surface area (Å²) in [5.74, 6) is 0.516. The SMILES string of the molecule is COC1(c2nccn2C)CN(c2ncc(Cl)cc2C(F)(F)F)C1. The Morgan fingerprint density at radius 3 is 2.52 bits per heavy atom. The molecule has 0 N–H and O–H groups in total. The van der Waals surface area contributed by atoms with Crippen LogP contribution in [-0.4, -0.2) is 34.7 Å². The molecular formula is C14H14ClF3N4O. The summed E-state index contributed by atoms with van der Waals surface area (Å²) in [7, 11) is 3.33. The molecule has 0 saturated carbocycles. The lowest BCUT2D eigenvalue weighted by atomic mass is 9.92. The quantitative estimate of drug-likeness (QED) is 0.857. The maximum Gasteiger partial charge on any atom is 0.420 e. The fourth-order valence-electron chi connectivity index (χ4n) is 2.78. The zero-order valence-electron chi connectivity index (χ0n) is 12.4. The van der Waals surface area contributed by atoms with Gasteiger partial charge >= 0.3 is 6.18 Å². The molecule has 0 spiro atoms. The number of pyridine rings is 1. The molecule has 0 bridgehead atoms. The van der Waals surface area contributed by atoms with E-state index in [-0.39, 0.29) is 23.9 Å². The number of imidazole rings is 1. The van der Waals surface area contributed by atoms with Gasteiger partial charge in [0.2, 0.25) is 0 Å². The highest BCUT2D eigenvalue weighted by Crippen LogP contribution is 2.42. The number of methoxy groups -OCH3 is 1. The van der Waals surface area contributed by atoms with E-state index in [0.717, 1.165) is 6.07 Å². The Morgan fingerprint density at radius 2 is 2.00 bits per heavy atom. The van der Waals surface area contributed by atoms with Crippen LogP contribution in [0.1, 0.15) is 11.4 Å². The molecule has 23 heavy (non-hydrogen) atoms. The van der Waals surface area contributed by atoms with Crippen molar-refractivity contribution in [2.24, 2.45) is 7.05 Å². The number of anilines is 1. The van der Waals surface area contributed by atoms with Crippen LogP contribution in [0.5, 0.6) is 0 Å². The van der Waals surface area contributed by atoms with Crippen LogP contribution in [0.3, 0.4) is 0 Å². The molecule has 3 rings (SSSR count). The van der Waals surface area contributed by atoms with E-state index >= 15 is 0 Å². The Bertz CT molecular complexity index is 725. The molecule has 0 radical (unpaired) electrons. The molecule has 124 valence electrons. The van der Waals surface area contributed by atoms with Crippen molar-refractivity contribution < 1.29 is 17.9 Å². The second-order valence-electron chi connectivity index (χ2n) is 5.44. The Labute approximate surface area is 135 Å². The molecule has 2 aromatic rings. The van der Waals surface area contributed by atoms with Gasteiger partial charge in [0.1, 0.15) is 11.6 Å². The number of alkyl halides is 3. The van der Waals surface area contributed by atoms with Crippen LogP contribution in [0.15, 0.2) is 24.7 Å². The van der Waals surface area contributed by atoms with Gasteiger partial charge in [-0.2, -0.15) is 13.2 Å². The maximum absolute atomic E-state index is 13.2. The van der Waals surface area contributed by atoms with Gasteiger partial charge in [0.05, 0.1) is 23.7 Å². The van der Waals surface area contributed by atoms with Crippen molar-refractivity contribution in [2.75, 3.05) is 25.1 Å². The first-order valence-electron chi connectivity index (χ1n) is 6.77. The number of hydrogen-bond acceptors (Lipinski definition) is 4. The Morgan fingerprint density at radius 1 is 1.30 bits per heavy atom. The van der Waals surface area contributed by atoms with Gasteiger partial charge in [0.25, 0.3) is 0 Å². The first-order valence-corrected chi connectivity index (χ1v) is 7.15. The van der Waals surface area contributed by atoms with Crippen LogP contribution in [0, 0.1) is 0 Å². The molecule has 9 heteroatoms. The van der Waals surface area contributed by atoms with Crippen LogP contribution in [-0.2, 0) is 23.6 Å². The van der Waals surface area contributed by atoms with E-state index in [1.54, 1.807) is 17.0 Å². The summed E-state index contributed by atoms with van der Waals surface area (Å²) in [6, 6.07) is 0.886. The fourth-order valence-corrected chi connectivity index (χ4v) is 2.94. The third-order valence-electron chi connectivity index (χ3n) is 3.95. The largest absolute Gasteiger partial charge is 0.420 e. The number of nitrogens with zero attached hydrogens (tertiary/aromatic N) is 4. The molecule has 0 unspecified atom stereocenters. The maximum atomic E-state index is 13.2. The lowest BCUT2D eigenvalue weighted by Gasteiger charge is -2.49. The van der Waals surface area contributed by atoms with Gasteiger partial charge < -0.3 is 14.2 Å². The summed E-state index contributed by atoms with van der Waals surface area (Å²) >= 11 is 5.66. The highest BCUT2D eigenvalue weighted by atomic mass is 35.5. The Hall–Kier alpha value is -1.80. The van der Waals surface area contributed by atoms with Crippen LogP contribution >= 0.6 is 11.6 Å². The highest BCUT2D eigenvalue weighted by molar-refractivity contribution is 6.30. The smallest absolute Gasteiger partial charge is 0.367 e. The lowest BCUT2D eigenvalue weighted by Crippen LogP contribution is -2.62. The van der Waals surface area contributed by atoms with Crippen LogP contribution in [0.2, 0.25) is 5.02 Å². The van der Waals surface area contributed by atoms with E-state index in [0.29, 0.717) is 5.82 Å². The summed E-state index contributed by atoms with van der Waals surface area (Å²) in [5, 5.41) is -0.0521. The van der Waals surface area contributed by atoms with Crippen molar-refractivity contribution in [2.45, 2.75) is 11.8 Å². The average molecular weight is 347 g/mol. The minimum absolute atomic E-state index is 0.0521. The predicted molar refractivity (Wildman–Crippen MR) is 78.4 cm³/mol. The monoisotopic (exact) mass is 346 g/mol. The zero-order valence-corrected chi connectivity index (χ0v) is 13.2. The normalized spacial score (nSPS) is 17.2. The van der Waals surface area contributed by atoms with Crippen molar-refractivity contribution in [1.29, 1.82) is 0 Å².